The molecule has 158 valence electrons. The van der Waals surface area contributed by atoms with E-state index in [4.69, 9.17) is 14.6 Å². The van der Waals surface area contributed by atoms with E-state index in [-0.39, 0.29) is 0 Å². The minimum absolute atomic E-state index is 0.553. The van der Waals surface area contributed by atoms with Gasteiger partial charge in [-0.3, -0.25) is 5.01 Å². The maximum atomic E-state index is 6.16. The minimum atomic E-state index is 0.553. The van der Waals surface area contributed by atoms with Crippen molar-refractivity contribution in [2.24, 2.45) is 5.10 Å². The minimum Gasteiger partial charge on any atom is -0.487 e. The fourth-order valence-corrected chi connectivity index (χ4v) is 4.05. The van der Waals surface area contributed by atoms with Crippen LogP contribution in [-0.4, -0.2) is 43.5 Å². The number of anilines is 1. The van der Waals surface area contributed by atoms with Gasteiger partial charge in [0, 0.05) is 44.0 Å². The van der Waals surface area contributed by atoms with Crippen LogP contribution in [-0.2, 0) is 11.3 Å². The van der Waals surface area contributed by atoms with Crippen molar-refractivity contribution < 1.29 is 9.47 Å². The molecule has 0 saturated heterocycles. The molecule has 2 aromatic rings. The van der Waals surface area contributed by atoms with Crippen molar-refractivity contribution in [1.82, 2.24) is 4.90 Å². The Morgan fingerprint density at radius 1 is 1.03 bits per heavy atom. The molecule has 4 rings (SSSR count). The molecule has 5 nitrogen and oxygen atoms in total. The molecule has 5 heteroatoms. The molecule has 2 heterocycles. The normalized spacial score (nSPS) is 16.0. The van der Waals surface area contributed by atoms with Crippen molar-refractivity contribution in [2.75, 3.05) is 37.9 Å². The molecule has 0 bridgehead atoms. The summed E-state index contributed by atoms with van der Waals surface area (Å²) in [6, 6.07) is 18.5. The van der Waals surface area contributed by atoms with E-state index in [9.17, 15) is 0 Å². The maximum Gasteiger partial charge on any atom is 0.145 e. The molecule has 0 fully saturated rings. The number of hydrazone groups is 1. The second-order valence-electron chi connectivity index (χ2n) is 7.70. The van der Waals surface area contributed by atoms with Gasteiger partial charge in [-0.05, 0) is 38.0 Å². The summed E-state index contributed by atoms with van der Waals surface area (Å²) in [6.07, 6.45) is 2.05. The van der Waals surface area contributed by atoms with Crippen molar-refractivity contribution in [3.8, 4) is 5.75 Å². The summed E-state index contributed by atoms with van der Waals surface area (Å²) in [7, 11) is 0. The van der Waals surface area contributed by atoms with E-state index in [0.717, 1.165) is 62.7 Å². The first-order valence-electron chi connectivity index (χ1n) is 10.9. The molecule has 2 aliphatic rings. The van der Waals surface area contributed by atoms with Crippen LogP contribution < -0.4 is 9.75 Å². The quantitative estimate of drug-likeness (QED) is 0.559. The number of allylic oxidation sites excluding steroid dienone is 1. The summed E-state index contributed by atoms with van der Waals surface area (Å²) in [5.41, 5.74) is 6.11. The Morgan fingerprint density at radius 2 is 1.83 bits per heavy atom. The van der Waals surface area contributed by atoms with E-state index in [0.29, 0.717) is 6.61 Å². The van der Waals surface area contributed by atoms with Crippen LogP contribution in [0.2, 0.25) is 0 Å². The highest BCUT2D eigenvalue weighted by Crippen LogP contribution is 2.35. The molecular weight excluding hydrogens is 374 g/mol. The van der Waals surface area contributed by atoms with Crippen LogP contribution in [0.25, 0.3) is 0 Å². The summed E-state index contributed by atoms with van der Waals surface area (Å²) in [4.78, 5) is 2.48. The lowest BCUT2D eigenvalue weighted by molar-refractivity contribution is 0.136. The van der Waals surface area contributed by atoms with Crippen LogP contribution in [0.15, 0.2) is 71.0 Å². The molecule has 0 aromatic heterocycles. The third kappa shape index (κ3) is 4.68. The third-order valence-electron chi connectivity index (χ3n) is 5.73. The van der Waals surface area contributed by atoms with Gasteiger partial charge in [-0.25, -0.2) is 0 Å². The number of hydrogen-bond donors (Lipinski definition) is 0. The highest BCUT2D eigenvalue weighted by molar-refractivity contribution is 6.05. The zero-order chi connectivity index (χ0) is 20.8. The van der Waals surface area contributed by atoms with Crippen LogP contribution in [0.5, 0.6) is 5.75 Å². The van der Waals surface area contributed by atoms with Crippen molar-refractivity contribution in [2.45, 2.75) is 33.3 Å². The number of ether oxygens (including phenoxy) is 2. The molecule has 2 aromatic carbocycles. The van der Waals surface area contributed by atoms with Gasteiger partial charge in [-0.15, -0.1) is 0 Å². The number of benzene rings is 2. The molecule has 0 atom stereocenters. The fourth-order valence-electron chi connectivity index (χ4n) is 4.05. The first-order valence-corrected chi connectivity index (χ1v) is 10.9. The van der Waals surface area contributed by atoms with E-state index in [1.54, 1.807) is 0 Å². The van der Waals surface area contributed by atoms with Gasteiger partial charge in [0.1, 0.15) is 18.0 Å². The monoisotopic (exact) mass is 405 g/mol. The predicted octanol–water partition coefficient (Wildman–Crippen LogP) is 4.85. The Balaban J connectivity index is 1.46. The summed E-state index contributed by atoms with van der Waals surface area (Å²) < 4.78 is 11.7. The van der Waals surface area contributed by atoms with Gasteiger partial charge < -0.3 is 14.4 Å². The Kier molecular flexibility index (Phi) is 6.70. The van der Waals surface area contributed by atoms with Gasteiger partial charge in [0.15, 0.2) is 0 Å². The summed E-state index contributed by atoms with van der Waals surface area (Å²) in [5.74, 6) is 0.871. The Hall–Kier alpha value is -2.79. The summed E-state index contributed by atoms with van der Waals surface area (Å²) in [6.45, 7) is 9.32. The maximum absolute atomic E-state index is 6.16. The van der Waals surface area contributed by atoms with Crippen LogP contribution in [0.3, 0.4) is 0 Å². The van der Waals surface area contributed by atoms with Crippen molar-refractivity contribution in [3.05, 3.63) is 71.4 Å². The third-order valence-corrected chi connectivity index (χ3v) is 5.73. The molecule has 0 spiro atoms. The van der Waals surface area contributed by atoms with Gasteiger partial charge in [0.25, 0.3) is 0 Å². The standard InChI is InChI=1S/C25H31N3O2/c1-3-29-17-9-15-27-16-14-23-22(20(27)2)18-28(26-23)24-12-7-8-13-25(24)30-19-21-10-5-4-6-11-21/h4-8,10-13H,3,9,14-19H2,1-2H3. The lowest BCUT2D eigenvalue weighted by Gasteiger charge is -2.31. The van der Waals surface area contributed by atoms with Crippen LogP contribution in [0.1, 0.15) is 32.3 Å². The van der Waals surface area contributed by atoms with E-state index in [1.165, 1.54) is 17.0 Å². The molecule has 0 amide bonds. The SMILES string of the molecule is CCOCCCN1CCC2=NN(c3ccccc3OCc3ccccc3)CC2=C1C. The van der Waals surface area contributed by atoms with Gasteiger partial charge >= 0.3 is 0 Å². The van der Waals surface area contributed by atoms with Crippen LogP contribution in [0.4, 0.5) is 5.69 Å². The van der Waals surface area contributed by atoms with Gasteiger partial charge in [0.2, 0.25) is 0 Å². The lowest BCUT2D eigenvalue weighted by atomic mass is 10.0. The highest BCUT2D eigenvalue weighted by Gasteiger charge is 2.30. The molecule has 30 heavy (non-hydrogen) atoms. The Bertz CT molecular complexity index is 908. The van der Waals surface area contributed by atoms with Gasteiger partial charge in [0.05, 0.1) is 12.3 Å². The number of nitrogens with zero attached hydrogens (tertiary/aromatic N) is 3. The second-order valence-corrected chi connectivity index (χ2v) is 7.70. The van der Waals surface area contributed by atoms with Crippen molar-refractivity contribution in [1.29, 1.82) is 0 Å². The number of hydrogen-bond acceptors (Lipinski definition) is 5. The van der Waals surface area contributed by atoms with Gasteiger partial charge in [-0.2, -0.15) is 5.10 Å². The molecule has 0 N–H and O–H groups in total. The van der Waals surface area contributed by atoms with E-state index >= 15 is 0 Å². The molecule has 0 saturated carbocycles. The molecule has 2 aliphatic heterocycles. The Labute approximate surface area is 179 Å². The van der Waals surface area contributed by atoms with Gasteiger partial charge in [-0.1, -0.05) is 42.5 Å². The van der Waals surface area contributed by atoms with Crippen molar-refractivity contribution in [3.63, 3.8) is 0 Å². The average Bonchev–Trinajstić information content (AvgIpc) is 3.23. The van der Waals surface area contributed by atoms with E-state index in [2.05, 4.69) is 35.0 Å². The van der Waals surface area contributed by atoms with Crippen LogP contribution in [0, 0.1) is 0 Å². The zero-order valence-electron chi connectivity index (χ0n) is 18.0. The first kappa shape index (κ1) is 20.5. The number of rotatable bonds is 9. The van der Waals surface area contributed by atoms with E-state index in [1.807, 2.05) is 43.3 Å². The number of fused-ring (bicyclic) bond motifs is 1. The number of para-hydroxylation sites is 2. The van der Waals surface area contributed by atoms with Crippen LogP contribution >= 0.6 is 0 Å². The second kappa shape index (κ2) is 9.81. The highest BCUT2D eigenvalue weighted by atomic mass is 16.5. The summed E-state index contributed by atoms with van der Waals surface area (Å²) in [5, 5.41) is 7.05. The first-order chi connectivity index (χ1) is 14.8. The molecule has 0 unspecified atom stereocenters. The molecular formula is C25H31N3O2. The average molecular weight is 406 g/mol. The van der Waals surface area contributed by atoms with Crippen molar-refractivity contribution >= 4 is 11.4 Å². The molecule has 0 radical (unpaired) electrons. The topological polar surface area (TPSA) is 37.3 Å². The van der Waals surface area contributed by atoms with E-state index < -0.39 is 0 Å². The molecule has 0 aliphatic carbocycles. The summed E-state index contributed by atoms with van der Waals surface area (Å²) >= 11 is 0. The lowest BCUT2D eigenvalue weighted by Crippen LogP contribution is -2.33. The smallest absolute Gasteiger partial charge is 0.145 e. The zero-order valence-corrected chi connectivity index (χ0v) is 18.0. The fraction of sp³-hybridized carbons (Fsp3) is 0.400. The Morgan fingerprint density at radius 3 is 2.67 bits per heavy atom. The largest absolute Gasteiger partial charge is 0.487 e. The predicted molar refractivity (Wildman–Crippen MR) is 122 cm³/mol.